The number of nitrogen functional groups attached to an aromatic ring is 1. The first kappa shape index (κ1) is 20.0. The van der Waals surface area contributed by atoms with Crippen molar-refractivity contribution in [1.82, 2.24) is 5.32 Å². The molecular formula is C20H27N3O2S. The van der Waals surface area contributed by atoms with Gasteiger partial charge in [0.25, 0.3) is 11.8 Å². The average molecular weight is 374 g/mol. The summed E-state index contributed by atoms with van der Waals surface area (Å²) in [4.78, 5) is 25.5. The Morgan fingerprint density at radius 3 is 2.31 bits per heavy atom. The lowest BCUT2D eigenvalue weighted by Crippen LogP contribution is -2.23. The molecule has 26 heavy (non-hydrogen) atoms. The van der Waals surface area contributed by atoms with E-state index in [4.69, 9.17) is 5.73 Å². The second kappa shape index (κ2) is 10.6. The Morgan fingerprint density at radius 2 is 1.58 bits per heavy atom. The molecule has 1 heterocycles. The second-order valence-corrected chi connectivity index (χ2v) is 7.31. The van der Waals surface area contributed by atoms with Crippen LogP contribution in [0, 0.1) is 0 Å². The van der Waals surface area contributed by atoms with Crippen LogP contribution < -0.4 is 16.4 Å². The van der Waals surface area contributed by atoms with E-state index in [0.717, 1.165) is 12.8 Å². The van der Waals surface area contributed by atoms with Gasteiger partial charge in [-0.3, -0.25) is 9.59 Å². The predicted molar refractivity (Wildman–Crippen MR) is 109 cm³/mol. The molecule has 0 spiro atoms. The van der Waals surface area contributed by atoms with Crippen molar-refractivity contribution in [2.45, 2.75) is 45.4 Å². The minimum atomic E-state index is -0.261. The summed E-state index contributed by atoms with van der Waals surface area (Å²) >= 11 is 1.18. The molecule has 2 rings (SSSR count). The normalized spacial score (nSPS) is 10.5. The van der Waals surface area contributed by atoms with Gasteiger partial charge >= 0.3 is 0 Å². The molecule has 0 radical (unpaired) electrons. The van der Waals surface area contributed by atoms with Crippen molar-refractivity contribution in [3.8, 4) is 0 Å². The van der Waals surface area contributed by atoms with E-state index in [9.17, 15) is 9.59 Å². The zero-order valence-electron chi connectivity index (χ0n) is 15.2. The second-order valence-electron chi connectivity index (χ2n) is 6.23. The summed E-state index contributed by atoms with van der Waals surface area (Å²) in [6.07, 6.45) is 7.12. The van der Waals surface area contributed by atoms with E-state index in [1.165, 1.54) is 37.0 Å². The fourth-order valence-corrected chi connectivity index (χ4v) is 3.39. The highest BCUT2D eigenvalue weighted by atomic mass is 32.1. The van der Waals surface area contributed by atoms with Gasteiger partial charge in [0, 0.05) is 6.54 Å². The van der Waals surface area contributed by atoms with Crippen LogP contribution in [0.25, 0.3) is 0 Å². The Kier molecular flexibility index (Phi) is 8.15. The highest BCUT2D eigenvalue weighted by Gasteiger charge is 2.14. The largest absolute Gasteiger partial charge is 0.397 e. The molecule has 0 fully saturated rings. The third-order valence-corrected chi connectivity index (χ3v) is 5.16. The topological polar surface area (TPSA) is 84.2 Å². The van der Waals surface area contributed by atoms with Crippen molar-refractivity contribution in [3.63, 3.8) is 0 Å². The summed E-state index contributed by atoms with van der Waals surface area (Å²) in [6, 6.07) is 10.4. The predicted octanol–water partition coefficient (Wildman–Crippen LogP) is 4.67. The van der Waals surface area contributed by atoms with Crippen LogP contribution in [-0.4, -0.2) is 18.4 Å². The summed E-state index contributed by atoms with van der Waals surface area (Å²) in [7, 11) is 0. The van der Waals surface area contributed by atoms with Gasteiger partial charge in [0.15, 0.2) is 0 Å². The number of rotatable bonds is 10. The van der Waals surface area contributed by atoms with E-state index in [-0.39, 0.29) is 11.8 Å². The molecule has 0 aliphatic heterocycles. The van der Waals surface area contributed by atoms with Gasteiger partial charge in [-0.2, -0.15) is 0 Å². The summed E-state index contributed by atoms with van der Waals surface area (Å²) in [5.41, 5.74) is 6.91. The fraction of sp³-hybridized carbons (Fsp3) is 0.400. The maximum atomic E-state index is 12.3. The van der Waals surface area contributed by atoms with Gasteiger partial charge in [0.1, 0.15) is 0 Å². The molecule has 1 aromatic carbocycles. The minimum absolute atomic E-state index is 0.123. The van der Waals surface area contributed by atoms with E-state index in [0.29, 0.717) is 27.7 Å². The van der Waals surface area contributed by atoms with Crippen LogP contribution in [-0.2, 0) is 0 Å². The lowest BCUT2D eigenvalue weighted by molar-refractivity contribution is 0.0956. The van der Waals surface area contributed by atoms with Gasteiger partial charge in [0.05, 0.1) is 21.1 Å². The number of para-hydroxylation sites is 2. The molecule has 4 N–H and O–H groups in total. The first-order valence-electron chi connectivity index (χ1n) is 9.15. The van der Waals surface area contributed by atoms with Gasteiger partial charge in [-0.15, -0.1) is 11.3 Å². The molecule has 0 unspecified atom stereocenters. The van der Waals surface area contributed by atoms with Crippen LogP contribution in [0.3, 0.4) is 0 Å². The summed E-state index contributed by atoms with van der Waals surface area (Å²) in [5, 5.41) is 5.69. The smallest absolute Gasteiger partial charge is 0.265 e. The van der Waals surface area contributed by atoms with E-state index >= 15 is 0 Å². The number of hydrogen-bond donors (Lipinski definition) is 3. The standard InChI is InChI=1S/C20H27N3O2S/c1-2-3-4-5-6-9-14-22-19(24)17-12-13-18(26-17)20(25)23-16-11-8-7-10-15(16)21/h7-8,10-13H,2-6,9,14,21H2,1H3,(H,22,24)(H,23,25). The Morgan fingerprint density at radius 1 is 0.923 bits per heavy atom. The molecule has 0 aliphatic carbocycles. The number of amides is 2. The van der Waals surface area contributed by atoms with Gasteiger partial charge in [-0.1, -0.05) is 51.2 Å². The summed E-state index contributed by atoms with van der Waals surface area (Å²) < 4.78 is 0. The molecule has 0 aliphatic rings. The third kappa shape index (κ3) is 6.19. The summed E-state index contributed by atoms with van der Waals surface area (Å²) in [5.74, 6) is -0.385. The van der Waals surface area contributed by atoms with Crippen molar-refractivity contribution in [2.75, 3.05) is 17.6 Å². The summed E-state index contributed by atoms with van der Waals surface area (Å²) in [6.45, 7) is 2.87. The number of thiophene rings is 1. The van der Waals surface area contributed by atoms with Crippen LogP contribution in [0.4, 0.5) is 11.4 Å². The molecule has 0 bridgehead atoms. The van der Waals surface area contributed by atoms with E-state index in [1.807, 2.05) is 12.1 Å². The lowest BCUT2D eigenvalue weighted by atomic mass is 10.1. The first-order valence-corrected chi connectivity index (χ1v) is 9.97. The van der Waals surface area contributed by atoms with Crippen LogP contribution >= 0.6 is 11.3 Å². The number of nitrogens with two attached hydrogens (primary N) is 1. The van der Waals surface area contributed by atoms with Crippen LogP contribution in [0.5, 0.6) is 0 Å². The molecule has 1 aromatic heterocycles. The number of hydrogen-bond acceptors (Lipinski definition) is 4. The quantitative estimate of drug-likeness (QED) is 0.418. The van der Waals surface area contributed by atoms with Gasteiger partial charge in [-0.05, 0) is 30.7 Å². The minimum Gasteiger partial charge on any atom is -0.397 e. The highest BCUT2D eigenvalue weighted by molar-refractivity contribution is 7.16. The molecule has 140 valence electrons. The van der Waals surface area contributed by atoms with Gasteiger partial charge in [-0.25, -0.2) is 0 Å². The number of nitrogens with one attached hydrogen (secondary N) is 2. The number of anilines is 2. The number of unbranched alkanes of at least 4 members (excludes halogenated alkanes) is 5. The molecule has 6 heteroatoms. The molecular weight excluding hydrogens is 346 g/mol. The number of carbonyl (C=O) groups excluding carboxylic acids is 2. The number of benzene rings is 1. The Hall–Kier alpha value is -2.34. The van der Waals surface area contributed by atoms with E-state index in [2.05, 4.69) is 17.6 Å². The van der Waals surface area contributed by atoms with Crippen molar-refractivity contribution < 1.29 is 9.59 Å². The van der Waals surface area contributed by atoms with Crippen molar-refractivity contribution >= 4 is 34.5 Å². The van der Waals surface area contributed by atoms with E-state index in [1.54, 1.807) is 24.3 Å². The van der Waals surface area contributed by atoms with Crippen molar-refractivity contribution in [3.05, 3.63) is 46.2 Å². The Balaban J connectivity index is 1.78. The number of carbonyl (C=O) groups is 2. The first-order chi connectivity index (χ1) is 12.6. The van der Waals surface area contributed by atoms with E-state index < -0.39 is 0 Å². The lowest BCUT2D eigenvalue weighted by Gasteiger charge is -2.06. The fourth-order valence-electron chi connectivity index (χ4n) is 2.57. The monoisotopic (exact) mass is 373 g/mol. The van der Waals surface area contributed by atoms with Crippen molar-refractivity contribution in [2.24, 2.45) is 0 Å². The van der Waals surface area contributed by atoms with Crippen LogP contribution in [0.1, 0.15) is 64.8 Å². The van der Waals surface area contributed by atoms with Crippen LogP contribution in [0.2, 0.25) is 0 Å². The molecule has 5 nitrogen and oxygen atoms in total. The molecule has 0 atom stereocenters. The maximum Gasteiger partial charge on any atom is 0.265 e. The zero-order valence-corrected chi connectivity index (χ0v) is 16.0. The van der Waals surface area contributed by atoms with Gasteiger partial charge < -0.3 is 16.4 Å². The zero-order chi connectivity index (χ0) is 18.8. The third-order valence-electron chi connectivity index (χ3n) is 4.08. The van der Waals surface area contributed by atoms with Crippen molar-refractivity contribution in [1.29, 1.82) is 0 Å². The average Bonchev–Trinajstić information content (AvgIpc) is 3.13. The maximum absolute atomic E-state index is 12.3. The molecule has 2 amide bonds. The highest BCUT2D eigenvalue weighted by Crippen LogP contribution is 2.21. The Bertz CT molecular complexity index is 727. The Labute approximate surface area is 159 Å². The molecule has 2 aromatic rings. The van der Waals surface area contributed by atoms with Gasteiger partial charge in [0.2, 0.25) is 0 Å². The molecule has 0 saturated carbocycles. The van der Waals surface area contributed by atoms with Crippen LogP contribution in [0.15, 0.2) is 36.4 Å². The SMILES string of the molecule is CCCCCCCCNC(=O)c1ccc(C(=O)Nc2ccccc2N)s1. The molecule has 0 saturated heterocycles.